The topological polar surface area (TPSA) is 41.4 Å². The van der Waals surface area contributed by atoms with E-state index in [1.165, 1.54) is 5.56 Å². The molecule has 5 nitrogen and oxygen atoms in total. The van der Waals surface area contributed by atoms with Gasteiger partial charge in [0.15, 0.2) is 0 Å². The first-order valence-electron chi connectivity index (χ1n) is 9.32. The van der Waals surface area contributed by atoms with Crippen LogP contribution >= 0.6 is 0 Å². The number of aromatic nitrogens is 2. The minimum absolute atomic E-state index is 0.189. The van der Waals surface area contributed by atoms with Gasteiger partial charge >= 0.3 is 0 Å². The van der Waals surface area contributed by atoms with Gasteiger partial charge < -0.3 is 4.90 Å². The molecule has 1 fully saturated rings. The third kappa shape index (κ3) is 3.54. The monoisotopic (exact) mass is 354 g/mol. The van der Waals surface area contributed by atoms with E-state index < -0.39 is 0 Å². The first kappa shape index (κ1) is 18.6. The first-order valence-corrected chi connectivity index (χ1v) is 9.32. The van der Waals surface area contributed by atoms with Crippen LogP contribution in [0.4, 0.5) is 0 Å². The number of nitrogens with zero attached hydrogens (tertiary/aromatic N) is 4. The van der Waals surface area contributed by atoms with Crippen LogP contribution in [0.5, 0.6) is 0 Å². The first-order chi connectivity index (χ1) is 12.3. The lowest BCUT2D eigenvalue weighted by molar-refractivity contribution is -0.137. The van der Waals surface area contributed by atoms with E-state index in [1.54, 1.807) is 0 Å². The number of benzene rings is 1. The number of likely N-dealkylation sites (N-methyl/N-ethyl adjacent to an activating group) is 1. The molecule has 0 unspecified atom stereocenters. The van der Waals surface area contributed by atoms with Crippen molar-refractivity contribution in [2.24, 2.45) is 7.05 Å². The summed E-state index contributed by atoms with van der Waals surface area (Å²) < 4.78 is 1.91. The van der Waals surface area contributed by atoms with Crippen molar-refractivity contribution in [2.75, 3.05) is 14.1 Å². The van der Waals surface area contributed by atoms with E-state index in [0.717, 1.165) is 35.4 Å². The van der Waals surface area contributed by atoms with Crippen LogP contribution in [0.15, 0.2) is 24.3 Å². The van der Waals surface area contributed by atoms with E-state index in [9.17, 15) is 4.79 Å². The Morgan fingerprint density at radius 2 is 1.88 bits per heavy atom. The van der Waals surface area contributed by atoms with Gasteiger partial charge in [-0.25, -0.2) is 0 Å². The Hall–Kier alpha value is -2.14. The van der Waals surface area contributed by atoms with Gasteiger partial charge in [-0.3, -0.25) is 14.4 Å². The van der Waals surface area contributed by atoms with Crippen molar-refractivity contribution < 1.29 is 4.79 Å². The van der Waals surface area contributed by atoms with Crippen LogP contribution in [-0.2, 0) is 18.4 Å². The van der Waals surface area contributed by atoms with Crippen molar-refractivity contribution in [3.63, 3.8) is 0 Å². The second-order valence-electron chi connectivity index (χ2n) is 7.69. The molecule has 0 bridgehead atoms. The molecule has 1 atom stereocenters. The Morgan fingerprint density at radius 1 is 1.23 bits per heavy atom. The average Bonchev–Trinajstić information content (AvgIpc) is 3.37. The maximum Gasteiger partial charge on any atom is 0.245 e. The number of amides is 1. The normalized spacial score (nSPS) is 15.3. The highest BCUT2D eigenvalue weighted by Crippen LogP contribution is 2.34. The minimum atomic E-state index is -0.255. The van der Waals surface area contributed by atoms with Gasteiger partial charge in [-0.2, -0.15) is 5.10 Å². The smallest absolute Gasteiger partial charge is 0.245 e. The molecule has 2 aromatic rings. The molecule has 0 saturated heterocycles. The summed E-state index contributed by atoms with van der Waals surface area (Å²) in [4.78, 5) is 17.7. The van der Waals surface area contributed by atoms with Crippen LogP contribution in [0, 0.1) is 20.8 Å². The second kappa shape index (κ2) is 7.23. The van der Waals surface area contributed by atoms with Gasteiger partial charge in [0.05, 0.1) is 5.69 Å². The van der Waals surface area contributed by atoms with E-state index in [1.807, 2.05) is 49.8 Å². The number of rotatable bonds is 6. The molecular formula is C21H30N4O. The SMILES string of the molecule is Cc1ccccc1[C@@H](C(=O)N(Cc1c(C)nn(C)c1C)C1CC1)N(C)C. The Labute approximate surface area is 156 Å². The van der Waals surface area contributed by atoms with Crippen molar-refractivity contribution in [2.45, 2.75) is 52.2 Å². The van der Waals surface area contributed by atoms with E-state index in [2.05, 4.69) is 36.0 Å². The van der Waals surface area contributed by atoms with Gasteiger partial charge in [0.1, 0.15) is 6.04 Å². The third-order valence-electron chi connectivity index (χ3n) is 5.49. The molecule has 3 rings (SSSR count). The number of hydrogen-bond donors (Lipinski definition) is 0. The lowest BCUT2D eigenvalue weighted by Gasteiger charge is -2.32. The summed E-state index contributed by atoms with van der Waals surface area (Å²) in [5, 5.41) is 4.52. The van der Waals surface area contributed by atoms with Gasteiger partial charge in [-0.05, 0) is 58.8 Å². The molecular weight excluding hydrogens is 324 g/mol. The van der Waals surface area contributed by atoms with Crippen molar-refractivity contribution in [1.82, 2.24) is 19.6 Å². The van der Waals surface area contributed by atoms with Crippen molar-refractivity contribution in [1.29, 1.82) is 0 Å². The molecule has 1 aliphatic carbocycles. The third-order valence-corrected chi connectivity index (χ3v) is 5.49. The zero-order chi connectivity index (χ0) is 19.0. The molecule has 1 saturated carbocycles. The van der Waals surface area contributed by atoms with Gasteiger partial charge in [-0.15, -0.1) is 0 Å². The second-order valence-corrected chi connectivity index (χ2v) is 7.69. The number of carbonyl (C=O) groups excluding carboxylic acids is 1. The molecule has 5 heteroatoms. The van der Waals surface area contributed by atoms with Crippen LogP contribution < -0.4 is 0 Å². The summed E-state index contributed by atoms with van der Waals surface area (Å²) in [7, 11) is 5.94. The fourth-order valence-electron chi connectivity index (χ4n) is 3.67. The zero-order valence-electron chi connectivity index (χ0n) is 16.8. The lowest BCUT2D eigenvalue weighted by Crippen LogP contribution is -2.41. The molecule has 1 amide bonds. The molecule has 1 heterocycles. The number of aryl methyl sites for hydroxylation is 3. The van der Waals surface area contributed by atoms with Gasteiger partial charge in [0, 0.05) is 30.9 Å². The van der Waals surface area contributed by atoms with Crippen molar-refractivity contribution in [3.05, 3.63) is 52.3 Å². The minimum Gasteiger partial charge on any atom is -0.334 e. The molecule has 0 radical (unpaired) electrons. The Kier molecular flexibility index (Phi) is 5.19. The highest BCUT2D eigenvalue weighted by molar-refractivity contribution is 5.84. The molecule has 1 aliphatic rings. The average molecular weight is 354 g/mol. The predicted octanol–water partition coefficient (Wildman–Crippen LogP) is 3.14. The molecule has 0 spiro atoms. The summed E-state index contributed by atoms with van der Waals surface area (Å²) in [5.41, 5.74) is 5.57. The van der Waals surface area contributed by atoms with Crippen LogP contribution in [0.2, 0.25) is 0 Å². The number of carbonyl (C=O) groups is 1. The summed E-state index contributed by atoms with van der Waals surface area (Å²) in [6.45, 7) is 6.83. The number of hydrogen-bond acceptors (Lipinski definition) is 3. The Morgan fingerprint density at radius 3 is 2.38 bits per heavy atom. The van der Waals surface area contributed by atoms with Crippen LogP contribution in [0.25, 0.3) is 0 Å². The standard InChI is InChI=1S/C21H30N4O/c1-14-9-7-8-10-18(14)20(23(4)5)21(26)25(17-11-12-17)13-19-15(2)22-24(6)16(19)3/h7-10,17,20H,11-13H2,1-6H3/t20-/m0/s1. The van der Waals surface area contributed by atoms with Gasteiger partial charge in [-0.1, -0.05) is 24.3 Å². The van der Waals surface area contributed by atoms with Crippen molar-refractivity contribution >= 4 is 5.91 Å². The van der Waals surface area contributed by atoms with Crippen LogP contribution in [0.3, 0.4) is 0 Å². The van der Waals surface area contributed by atoms with Gasteiger partial charge in [0.2, 0.25) is 5.91 Å². The summed E-state index contributed by atoms with van der Waals surface area (Å²) in [6, 6.07) is 8.29. The zero-order valence-corrected chi connectivity index (χ0v) is 16.8. The highest BCUT2D eigenvalue weighted by Gasteiger charge is 2.38. The molecule has 1 aromatic carbocycles. The molecule has 0 N–H and O–H groups in total. The lowest BCUT2D eigenvalue weighted by atomic mass is 9.99. The van der Waals surface area contributed by atoms with E-state index in [4.69, 9.17) is 0 Å². The maximum atomic E-state index is 13.6. The Balaban J connectivity index is 1.94. The molecule has 140 valence electrons. The summed E-state index contributed by atoms with van der Waals surface area (Å²) >= 11 is 0. The Bertz CT molecular complexity index is 804. The molecule has 26 heavy (non-hydrogen) atoms. The van der Waals surface area contributed by atoms with E-state index in [-0.39, 0.29) is 11.9 Å². The van der Waals surface area contributed by atoms with Crippen LogP contribution in [-0.4, -0.2) is 45.6 Å². The highest BCUT2D eigenvalue weighted by atomic mass is 16.2. The summed E-state index contributed by atoms with van der Waals surface area (Å²) in [5.74, 6) is 0.189. The summed E-state index contributed by atoms with van der Waals surface area (Å²) in [6.07, 6.45) is 2.19. The van der Waals surface area contributed by atoms with E-state index in [0.29, 0.717) is 12.6 Å². The fraction of sp³-hybridized carbons (Fsp3) is 0.524. The maximum absolute atomic E-state index is 13.6. The van der Waals surface area contributed by atoms with Gasteiger partial charge in [0.25, 0.3) is 0 Å². The molecule has 1 aromatic heterocycles. The largest absolute Gasteiger partial charge is 0.334 e. The predicted molar refractivity (Wildman–Crippen MR) is 104 cm³/mol. The van der Waals surface area contributed by atoms with E-state index >= 15 is 0 Å². The van der Waals surface area contributed by atoms with Crippen LogP contribution in [0.1, 0.15) is 47.0 Å². The van der Waals surface area contributed by atoms with Crippen molar-refractivity contribution in [3.8, 4) is 0 Å². The molecule has 0 aliphatic heterocycles. The quantitative estimate of drug-likeness (QED) is 0.800. The fourth-order valence-corrected chi connectivity index (χ4v) is 3.67.